The standard InChI is InChI=1S/C12H14N2O3/c15-11-6-5-8(7-13-11)14-10-4-2-1-3-9(10)12(16)17/h1-4,8,14H,5-7H2,(H,13,15)(H,16,17). The third-order valence-electron chi connectivity index (χ3n) is 2.78. The number of carbonyl (C=O) groups is 2. The maximum absolute atomic E-state index is 11.0. The van der Waals surface area contributed by atoms with E-state index in [9.17, 15) is 9.59 Å². The molecule has 3 N–H and O–H groups in total. The summed E-state index contributed by atoms with van der Waals surface area (Å²) in [5, 5.41) is 14.9. The molecule has 1 heterocycles. The number of aromatic carboxylic acids is 1. The smallest absolute Gasteiger partial charge is 0.337 e. The van der Waals surface area contributed by atoms with E-state index in [0.29, 0.717) is 18.7 Å². The van der Waals surface area contributed by atoms with Gasteiger partial charge in [0.1, 0.15) is 0 Å². The fraction of sp³-hybridized carbons (Fsp3) is 0.333. The molecule has 2 rings (SSSR count). The molecule has 1 atom stereocenters. The molecule has 0 aliphatic carbocycles. The van der Waals surface area contributed by atoms with Gasteiger partial charge in [0, 0.05) is 24.7 Å². The summed E-state index contributed by atoms with van der Waals surface area (Å²) in [5.74, 6) is -0.900. The molecule has 0 radical (unpaired) electrons. The van der Waals surface area contributed by atoms with Gasteiger partial charge >= 0.3 is 5.97 Å². The SMILES string of the molecule is O=C1CCC(Nc2ccccc2C(=O)O)CN1. The van der Waals surface area contributed by atoms with Crippen molar-refractivity contribution in [3.63, 3.8) is 0 Å². The second kappa shape index (κ2) is 4.86. The Morgan fingerprint density at radius 1 is 1.41 bits per heavy atom. The van der Waals surface area contributed by atoms with Crippen molar-refractivity contribution in [2.24, 2.45) is 0 Å². The van der Waals surface area contributed by atoms with E-state index in [1.54, 1.807) is 24.3 Å². The molecule has 90 valence electrons. The summed E-state index contributed by atoms with van der Waals surface area (Å²) in [6.07, 6.45) is 1.20. The van der Waals surface area contributed by atoms with E-state index in [0.717, 1.165) is 6.42 Å². The molecule has 1 fully saturated rings. The van der Waals surface area contributed by atoms with Crippen LogP contribution in [-0.4, -0.2) is 29.6 Å². The third kappa shape index (κ3) is 2.75. The van der Waals surface area contributed by atoms with Crippen molar-refractivity contribution < 1.29 is 14.7 Å². The number of amides is 1. The number of hydrogen-bond acceptors (Lipinski definition) is 3. The number of hydrogen-bond donors (Lipinski definition) is 3. The molecule has 1 amide bonds. The van der Waals surface area contributed by atoms with Crippen molar-refractivity contribution in [3.05, 3.63) is 29.8 Å². The van der Waals surface area contributed by atoms with Crippen molar-refractivity contribution in [2.75, 3.05) is 11.9 Å². The molecular formula is C12H14N2O3. The van der Waals surface area contributed by atoms with Crippen LogP contribution in [0.4, 0.5) is 5.69 Å². The molecule has 0 aromatic heterocycles. The van der Waals surface area contributed by atoms with Crippen molar-refractivity contribution >= 4 is 17.6 Å². The first-order valence-corrected chi connectivity index (χ1v) is 5.52. The first kappa shape index (κ1) is 11.4. The quantitative estimate of drug-likeness (QED) is 0.731. The fourth-order valence-electron chi connectivity index (χ4n) is 1.87. The topological polar surface area (TPSA) is 78.4 Å². The minimum Gasteiger partial charge on any atom is -0.478 e. The van der Waals surface area contributed by atoms with Gasteiger partial charge in [0.2, 0.25) is 5.91 Å². The average Bonchev–Trinajstić information content (AvgIpc) is 2.32. The summed E-state index contributed by atoms with van der Waals surface area (Å²) in [7, 11) is 0. The van der Waals surface area contributed by atoms with Gasteiger partial charge in [-0.1, -0.05) is 12.1 Å². The van der Waals surface area contributed by atoms with E-state index in [-0.39, 0.29) is 17.5 Å². The maximum atomic E-state index is 11.0. The molecule has 1 aliphatic rings. The van der Waals surface area contributed by atoms with Crippen LogP contribution in [0.2, 0.25) is 0 Å². The predicted octanol–water partition coefficient (Wildman–Crippen LogP) is 1.08. The Kier molecular flexibility index (Phi) is 3.27. The highest BCUT2D eigenvalue weighted by Gasteiger charge is 2.19. The molecule has 0 spiro atoms. The van der Waals surface area contributed by atoms with Crippen LogP contribution in [-0.2, 0) is 4.79 Å². The molecule has 17 heavy (non-hydrogen) atoms. The zero-order valence-corrected chi connectivity index (χ0v) is 9.27. The molecule has 0 bridgehead atoms. The van der Waals surface area contributed by atoms with Crippen molar-refractivity contribution in [3.8, 4) is 0 Å². The van der Waals surface area contributed by atoms with Gasteiger partial charge in [-0.2, -0.15) is 0 Å². The highest BCUT2D eigenvalue weighted by Crippen LogP contribution is 2.18. The molecule has 1 aromatic rings. The molecular weight excluding hydrogens is 220 g/mol. The van der Waals surface area contributed by atoms with Crippen molar-refractivity contribution in [1.82, 2.24) is 5.32 Å². The maximum Gasteiger partial charge on any atom is 0.337 e. The van der Waals surface area contributed by atoms with Gasteiger partial charge in [-0.15, -0.1) is 0 Å². The van der Waals surface area contributed by atoms with Crippen LogP contribution in [0.1, 0.15) is 23.2 Å². The monoisotopic (exact) mass is 234 g/mol. The summed E-state index contributed by atoms with van der Waals surface area (Å²) in [6, 6.07) is 6.87. The van der Waals surface area contributed by atoms with Crippen molar-refractivity contribution in [1.29, 1.82) is 0 Å². The molecule has 1 unspecified atom stereocenters. The summed E-state index contributed by atoms with van der Waals surface area (Å²) in [5.41, 5.74) is 0.852. The van der Waals surface area contributed by atoms with Gasteiger partial charge in [-0.3, -0.25) is 4.79 Å². The summed E-state index contributed by atoms with van der Waals surface area (Å²) in [6.45, 7) is 0.535. The van der Waals surface area contributed by atoms with Crippen LogP contribution in [0.3, 0.4) is 0 Å². The van der Waals surface area contributed by atoms with Gasteiger partial charge in [0.25, 0.3) is 0 Å². The molecule has 1 aliphatic heterocycles. The third-order valence-corrected chi connectivity index (χ3v) is 2.78. The zero-order valence-electron chi connectivity index (χ0n) is 9.27. The van der Waals surface area contributed by atoms with Gasteiger partial charge < -0.3 is 15.7 Å². The molecule has 5 heteroatoms. The van der Waals surface area contributed by atoms with E-state index in [2.05, 4.69) is 10.6 Å². The largest absolute Gasteiger partial charge is 0.478 e. The molecule has 0 saturated carbocycles. The van der Waals surface area contributed by atoms with Gasteiger partial charge in [0.15, 0.2) is 0 Å². The number of carbonyl (C=O) groups excluding carboxylic acids is 1. The van der Waals surface area contributed by atoms with E-state index in [4.69, 9.17) is 5.11 Å². The zero-order chi connectivity index (χ0) is 12.3. The lowest BCUT2D eigenvalue weighted by Gasteiger charge is -2.25. The Morgan fingerprint density at radius 2 is 2.18 bits per heavy atom. The van der Waals surface area contributed by atoms with Gasteiger partial charge in [-0.05, 0) is 18.6 Å². The van der Waals surface area contributed by atoms with Crippen LogP contribution in [0.25, 0.3) is 0 Å². The van der Waals surface area contributed by atoms with Crippen LogP contribution in [0, 0.1) is 0 Å². The summed E-state index contributed by atoms with van der Waals surface area (Å²) >= 11 is 0. The van der Waals surface area contributed by atoms with E-state index in [1.165, 1.54) is 0 Å². The number of carboxylic acids is 1. The lowest BCUT2D eigenvalue weighted by atomic mass is 10.1. The summed E-state index contributed by atoms with van der Waals surface area (Å²) < 4.78 is 0. The number of para-hydroxylation sites is 1. The molecule has 1 saturated heterocycles. The van der Waals surface area contributed by atoms with E-state index < -0.39 is 5.97 Å². The molecule has 5 nitrogen and oxygen atoms in total. The van der Waals surface area contributed by atoms with E-state index >= 15 is 0 Å². The molecule has 1 aromatic carbocycles. The predicted molar refractivity (Wildman–Crippen MR) is 63.1 cm³/mol. The average molecular weight is 234 g/mol. The Labute approximate surface area is 98.8 Å². The Balaban J connectivity index is 2.08. The minimum absolute atomic E-state index is 0.0505. The second-order valence-electron chi connectivity index (χ2n) is 4.03. The van der Waals surface area contributed by atoms with Crippen LogP contribution < -0.4 is 10.6 Å². The Morgan fingerprint density at radius 3 is 2.82 bits per heavy atom. The van der Waals surface area contributed by atoms with E-state index in [1.807, 2.05) is 0 Å². The number of carboxylic acid groups (broad SMARTS) is 1. The second-order valence-corrected chi connectivity index (χ2v) is 4.03. The minimum atomic E-state index is -0.951. The number of rotatable bonds is 3. The van der Waals surface area contributed by atoms with Gasteiger partial charge in [-0.25, -0.2) is 4.79 Å². The van der Waals surface area contributed by atoms with Crippen LogP contribution >= 0.6 is 0 Å². The van der Waals surface area contributed by atoms with Gasteiger partial charge in [0.05, 0.1) is 5.56 Å². The highest BCUT2D eigenvalue weighted by atomic mass is 16.4. The fourth-order valence-corrected chi connectivity index (χ4v) is 1.87. The van der Waals surface area contributed by atoms with Crippen LogP contribution in [0.15, 0.2) is 24.3 Å². The lowest BCUT2D eigenvalue weighted by molar-refractivity contribution is -0.122. The first-order valence-electron chi connectivity index (χ1n) is 5.52. The first-order chi connectivity index (χ1) is 8.16. The van der Waals surface area contributed by atoms with Crippen molar-refractivity contribution in [2.45, 2.75) is 18.9 Å². The normalized spacial score (nSPS) is 19.5. The summed E-state index contributed by atoms with van der Waals surface area (Å²) in [4.78, 5) is 22.0. The van der Waals surface area contributed by atoms with Crippen LogP contribution in [0.5, 0.6) is 0 Å². The highest BCUT2D eigenvalue weighted by molar-refractivity contribution is 5.94. The number of nitrogens with one attached hydrogen (secondary N) is 2. The Bertz CT molecular complexity index is 435. The number of anilines is 1. The number of piperidine rings is 1. The Hall–Kier alpha value is -2.04. The lowest BCUT2D eigenvalue weighted by Crippen LogP contribution is -2.42. The number of benzene rings is 1.